The number of methoxy groups -OCH3 is 1. The molecule has 1 N–H and O–H groups in total. The second-order valence-corrected chi connectivity index (χ2v) is 6.80. The summed E-state index contributed by atoms with van der Waals surface area (Å²) in [5.74, 6) is -1.61. The van der Waals surface area contributed by atoms with Gasteiger partial charge in [-0.05, 0) is 49.4 Å². The maximum atomic E-state index is 14.2. The van der Waals surface area contributed by atoms with Gasteiger partial charge in [0.2, 0.25) is 0 Å². The molecule has 154 valence electrons. The average molecular weight is 411 g/mol. The zero-order valence-corrected chi connectivity index (χ0v) is 16.2. The van der Waals surface area contributed by atoms with E-state index in [1.165, 1.54) is 30.4 Å². The molecule has 3 aromatic rings. The number of nitrogens with zero attached hydrogens (tertiary/aromatic N) is 1. The second-order valence-electron chi connectivity index (χ2n) is 6.80. The largest absolute Gasteiger partial charge is 0.507 e. The first-order valence-electron chi connectivity index (χ1n) is 9.11. The van der Waals surface area contributed by atoms with Crippen LogP contribution in [0.1, 0.15) is 28.9 Å². The van der Waals surface area contributed by atoms with E-state index >= 15 is 0 Å². The van der Waals surface area contributed by atoms with Crippen molar-refractivity contribution in [3.63, 3.8) is 0 Å². The molecule has 8 heteroatoms. The third kappa shape index (κ3) is 3.26. The number of aryl methyl sites for hydroxylation is 1. The number of ether oxygens (including phenoxy) is 1. The summed E-state index contributed by atoms with van der Waals surface area (Å²) in [6, 6.07) is 9.43. The lowest BCUT2D eigenvalue weighted by molar-refractivity contribution is -0.140. The average Bonchev–Trinajstić information content (AvgIpc) is 3.45. The highest BCUT2D eigenvalue weighted by molar-refractivity contribution is 6.46. The van der Waals surface area contributed by atoms with E-state index in [1.54, 1.807) is 31.2 Å². The summed E-state index contributed by atoms with van der Waals surface area (Å²) in [5.41, 5.74) is -0.150. The third-order valence-corrected chi connectivity index (χ3v) is 4.90. The fourth-order valence-electron chi connectivity index (χ4n) is 3.48. The Bertz CT molecular complexity index is 1140. The maximum Gasteiger partial charge on any atom is 0.296 e. The molecule has 3 heterocycles. The minimum Gasteiger partial charge on any atom is -0.507 e. The van der Waals surface area contributed by atoms with Crippen LogP contribution in [0.25, 0.3) is 5.76 Å². The first-order valence-corrected chi connectivity index (χ1v) is 9.11. The van der Waals surface area contributed by atoms with Crippen molar-refractivity contribution in [2.45, 2.75) is 19.5 Å². The Morgan fingerprint density at radius 3 is 2.63 bits per heavy atom. The Hall–Kier alpha value is -3.81. The molecule has 4 rings (SSSR count). The van der Waals surface area contributed by atoms with Crippen molar-refractivity contribution in [3.05, 3.63) is 83.0 Å². The lowest BCUT2D eigenvalue weighted by Gasteiger charge is -2.22. The highest BCUT2D eigenvalue weighted by Crippen LogP contribution is 2.41. The number of benzene rings is 1. The Morgan fingerprint density at radius 2 is 2.03 bits per heavy atom. The molecule has 1 saturated heterocycles. The van der Waals surface area contributed by atoms with E-state index < -0.39 is 29.3 Å². The highest BCUT2D eigenvalue weighted by Gasteiger charge is 2.47. The smallest absolute Gasteiger partial charge is 0.296 e. The summed E-state index contributed by atoms with van der Waals surface area (Å²) in [5, 5.41) is 10.9. The first kappa shape index (κ1) is 19.5. The summed E-state index contributed by atoms with van der Waals surface area (Å²) in [6.45, 7) is 1.72. The quantitative estimate of drug-likeness (QED) is 0.388. The lowest BCUT2D eigenvalue weighted by atomic mass is 9.99. The summed E-state index contributed by atoms with van der Waals surface area (Å²) >= 11 is 0. The molecule has 1 fully saturated rings. The van der Waals surface area contributed by atoms with Crippen molar-refractivity contribution < 1.29 is 32.7 Å². The van der Waals surface area contributed by atoms with Crippen molar-refractivity contribution in [1.82, 2.24) is 4.90 Å². The molecule has 0 saturated carbocycles. The first-order chi connectivity index (χ1) is 14.4. The van der Waals surface area contributed by atoms with Gasteiger partial charge in [0.1, 0.15) is 29.1 Å². The normalized spacial score (nSPS) is 18.2. The van der Waals surface area contributed by atoms with Gasteiger partial charge in [-0.1, -0.05) is 0 Å². The monoisotopic (exact) mass is 411 g/mol. The number of ketones is 1. The fourth-order valence-corrected chi connectivity index (χ4v) is 3.48. The summed E-state index contributed by atoms with van der Waals surface area (Å²) < 4.78 is 30.0. The minimum atomic E-state index is -0.992. The molecule has 7 nitrogen and oxygen atoms in total. The van der Waals surface area contributed by atoms with Crippen LogP contribution in [0.4, 0.5) is 4.39 Å². The van der Waals surface area contributed by atoms with Crippen molar-refractivity contribution in [2.24, 2.45) is 0 Å². The van der Waals surface area contributed by atoms with Crippen LogP contribution in [0.3, 0.4) is 0 Å². The number of aliphatic hydroxyl groups is 1. The molecule has 0 radical (unpaired) electrons. The number of furan rings is 2. The number of carbonyl (C=O) groups is 2. The van der Waals surface area contributed by atoms with E-state index in [2.05, 4.69) is 0 Å². The van der Waals surface area contributed by atoms with Crippen LogP contribution >= 0.6 is 0 Å². The number of amides is 1. The SMILES string of the molecule is COc1ccc(/C(O)=C2/C(=O)C(=O)N(Cc3ccco3)C2c2ccc(C)o2)cc1F. The number of halogens is 1. The zero-order valence-electron chi connectivity index (χ0n) is 16.2. The van der Waals surface area contributed by atoms with Gasteiger partial charge in [-0.25, -0.2) is 4.39 Å². The minimum absolute atomic E-state index is 0.00422. The van der Waals surface area contributed by atoms with Crippen LogP contribution in [0.5, 0.6) is 5.75 Å². The number of hydrogen-bond acceptors (Lipinski definition) is 6. The van der Waals surface area contributed by atoms with E-state index in [0.717, 1.165) is 6.07 Å². The van der Waals surface area contributed by atoms with Gasteiger partial charge in [-0.3, -0.25) is 9.59 Å². The van der Waals surface area contributed by atoms with Crippen LogP contribution in [-0.2, 0) is 16.1 Å². The van der Waals surface area contributed by atoms with E-state index in [-0.39, 0.29) is 23.4 Å². The molecular formula is C22H18FNO6. The highest BCUT2D eigenvalue weighted by atomic mass is 19.1. The Morgan fingerprint density at radius 1 is 1.23 bits per heavy atom. The van der Waals surface area contributed by atoms with Gasteiger partial charge in [0.05, 0.1) is 25.5 Å². The van der Waals surface area contributed by atoms with Gasteiger partial charge in [0.15, 0.2) is 11.6 Å². The molecule has 1 atom stereocenters. The second kappa shape index (κ2) is 7.55. The summed E-state index contributed by atoms with van der Waals surface area (Å²) in [7, 11) is 1.32. The maximum absolute atomic E-state index is 14.2. The van der Waals surface area contributed by atoms with Gasteiger partial charge >= 0.3 is 0 Å². The fraction of sp³-hybridized carbons (Fsp3) is 0.182. The number of carbonyl (C=O) groups excluding carboxylic acids is 2. The summed E-state index contributed by atoms with van der Waals surface area (Å²) in [4.78, 5) is 26.9. The van der Waals surface area contributed by atoms with Gasteiger partial charge < -0.3 is 23.6 Å². The zero-order chi connectivity index (χ0) is 21.4. The molecular weight excluding hydrogens is 393 g/mol. The topological polar surface area (TPSA) is 93.1 Å². The number of Topliss-reactive ketones (excluding diaryl/α,β-unsaturated/α-hetero) is 1. The molecule has 1 aromatic carbocycles. The van der Waals surface area contributed by atoms with Crippen molar-refractivity contribution in [3.8, 4) is 5.75 Å². The lowest BCUT2D eigenvalue weighted by Crippen LogP contribution is -2.28. The van der Waals surface area contributed by atoms with Gasteiger partial charge in [0, 0.05) is 5.56 Å². The van der Waals surface area contributed by atoms with Crippen LogP contribution in [0, 0.1) is 12.7 Å². The standard InChI is InChI=1S/C22H18FNO6/c1-12-5-7-17(30-12)19-18(20(25)13-6-8-16(28-2)15(23)10-13)21(26)22(27)24(19)11-14-4-3-9-29-14/h3-10,19,25H,11H2,1-2H3/b20-18-. The predicted molar refractivity (Wildman–Crippen MR) is 103 cm³/mol. The predicted octanol–water partition coefficient (Wildman–Crippen LogP) is 3.95. The Balaban J connectivity index is 1.85. The Kier molecular flexibility index (Phi) is 4.91. The van der Waals surface area contributed by atoms with E-state index in [4.69, 9.17) is 13.6 Å². The van der Waals surface area contributed by atoms with Crippen LogP contribution < -0.4 is 4.74 Å². The molecule has 1 unspecified atom stereocenters. The number of rotatable bonds is 5. The molecule has 1 aliphatic rings. The van der Waals surface area contributed by atoms with Gasteiger partial charge in [0.25, 0.3) is 11.7 Å². The Labute approximate surface area is 171 Å². The van der Waals surface area contributed by atoms with E-state index in [1.807, 2.05) is 0 Å². The van der Waals surface area contributed by atoms with Crippen LogP contribution in [0.2, 0.25) is 0 Å². The number of hydrogen-bond donors (Lipinski definition) is 1. The van der Waals surface area contributed by atoms with Gasteiger partial charge in [-0.15, -0.1) is 0 Å². The van der Waals surface area contributed by atoms with Crippen molar-refractivity contribution in [2.75, 3.05) is 7.11 Å². The van der Waals surface area contributed by atoms with Crippen LogP contribution in [-0.4, -0.2) is 28.8 Å². The van der Waals surface area contributed by atoms with Crippen molar-refractivity contribution >= 4 is 17.4 Å². The number of likely N-dealkylation sites (tertiary alicyclic amines) is 1. The third-order valence-electron chi connectivity index (χ3n) is 4.90. The van der Waals surface area contributed by atoms with Crippen LogP contribution in [0.15, 0.2) is 63.1 Å². The molecule has 1 aliphatic heterocycles. The molecule has 0 bridgehead atoms. The van der Waals surface area contributed by atoms with Gasteiger partial charge in [-0.2, -0.15) is 0 Å². The summed E-state index contributed by atoms with van der Waals surface area (Å²) in [6.07, 6.45) is 1.46. The van der Waals surface area contributed by atoms with E-state index in [9.17, 15) is 19.1 Å². The molecule has 1 amide bonds. The molecule has 30 heavy (non-hydrogen) atoms. The van der Waals surface area contributed by atoms with E-state index in [0.29, 0.717) is 17.3 Å². The molecule has 0 spiro atoms. The molecule has 2 aromatic heterocycles. The molecule has 0 aliphatic carbocycles. The number of aliphatic hydroxyl groups excluding tert-OH is 1. The van der Waals surface area contributed by atoms with Crippen molar-refractivity contribution in [1.29, 1.82) is 0 Å².